The largest absolute Gasteiger partial charge is 0.391 e. The Hall–Kier alpha value is -3.71. The number of H-pyrrole nitrogens is 1. The Labute approximate surface area is 197 Å². The molecule has 2 aliphatic rings. The van der Waals surface area contributed by atoms with Crippen molar-refractivity contribution < 1.29 is 9.90 Å². The van der Waals surface area contributed by atoms with E-state index in [-0.39, 0.29) is 17.3 Å². The Balaban J connectivity index is 1.36. The van der Waals surface area contributed by atoms with Crippen molar-refractivity contribution in [3.05, 3.63) is 77.7 Å². The Kier molecular flexibility index (Phi) is 4.88. The van der Waals surface area contributed by atoms with Gasteiger partial charge in [0.2, 0.25) is 5.95 Å². The first-order valence-electron chi connectivity index (χ1n) is 11.8. The number of aliphatic hydroxyl groups is 1. The summed E-state index contributed by atoms with van der Waals surface area (Å²) < 4.78 is 0. The van der Waals surface area contributed by atoms with E-state index in [1.807, 2.05) is 12.1 Å². The lowest BCUT2D eigenvalue weighted by molar-refractivity contribution is 0.0766. The van der Waals surface area contributed by atoms with Gasteiger partial charge in [0, 0.05) is 48.0 Å². The number of nitrogens with two attached hydrogens (primary N) is 1. The fraction of sp³-hybridized carbons (Fsp3) is 0.296. The zero-order chi connectivity index (χ0) is 23.3. The number of carbonyl (C=O) groups is 1. The lowest BCUT2D eigenvalue weighted by atomic mass is 9.60. The van der Waals surface area contributed by atoms with E-state index in [4.69, 9.17) is 5.73 Å². The molecule has 2 aromatic heterocycles. The number of β-amino-alcohol motifs (C(OH)–C–C–N with tert-alkyl or cyclic N) is 1. The molecule has 2 aromatic carbocycles. The van der Waals surface area contributed by atoms with Crippen LogP contribution in [0.25, 0.3) is 22.0 Å². The minimum absolute atomic E-state index is 0.0201. The van der Waals surface area contributed by atoms with E-state index in [0.29, 0.717) is 25.1 Å². The van der Waals surface area contributed by atoms with Crippen molar-refractivity contribution in [1.82, 2.24) is 19.9 Å². The SMILES string of the molecule is Nc1ncc(-c2ccc(C3(c4c[nH]c5c(C(=O)N6CC[C@@H](O)C6)cccc45)CCC3)cc2)cn1. The first kappa shape index (κ1) is 20.9. The molecule has 34 heavy (non-hydrogen) atoms. The van der Waals surface area contributed by atoms with Gasteiger partial charge in [-0.2, -0.15) is 0 Å². The molecule has 0 spiro atoms. The van der Waals surface area contributed by atoms with Crippen LogP contribution in [0.4, 0.5) is 5.95 Å². The van der Waals surface area contributed by atoms with Crippen LogP contribution < -0.4 is 5.73 Å². The van der Waals surface area contributed by atoms with Gasteiger partial charge in [0.1, 0.15) is 0 Å². The number of fused-ring (bicyclic) bond motifs is 1. The molecule has 1 saturated heterocycles. The summed E-state index contributed by atoms with van der Waals surface area (Å²) in [5.41, 5.74) is 11.6. The maximum atomic E-state index is 13.2. The Morgan fingerprint density at radius 3 is 2.50 bits per heavy atom. The highest BCUT2D eigenvalue weighted by atomic mass is 16.3. The average molecular weight is 454 g/mol. The maximum absolute atomic E-state index is 13.2. The molecule has 3 heterocycles. The molecule has 172 valence electrons. The Morgan fingerprint density at radius 1 is 1.09 bits per heavy atom. The van der Waals surface area contributed by atoms with Crippen LogP contribution in [-0.4, -0.2) is 50.1 Å². The number of likely N-dealkylation sites (tertiary alicyclic amines) is 1. The highest BCUT2D eigenvalue weighted by Crippen LogP contribution is 2.51. The van der Waals surface area contributed by atoms with Crippen molar-refractivity contribution in [3.8, 4) is 11.1 Å². The normalized spacial score (nSPS) is 19.3. The summed E-state index contributed by atoms with van der Waals surface area (Å²) in [4.78, 5) is 26.6. The number of para-hydroxylation sites is 1. The molecule has 0 radical (unpaired) electrons. The summed E-state index contributed by atoms with van der Waals surface area (Å²) in [6.45, 7) is 0.997. The second kappa shape index (κ2) is 7.95. The Bertz CT molecular complexity index is 1360. The summed E-state index contributed by atoms with van der Waals surface area (Å²) in [7, 11) is 0. The molecular weight excluding hydrogens is 426 g/mol. The summed E-state index contributed by atoms with van der Waals surface area (Å²) in [6.07, 6.45) is 9.09. The van der Waals surface area contributed by atoms with Gasteiger partial charge in [0.15, 0.2) is 0 Å². The van der Waals surface area contributed by atoms with Crippen molar-refractivity contribution in [2.75, 3.05) is 18.8 Å². The number of aromatic nitrogens is 3. The number of carbonyl (C=O) groups excluding carboxylic acids is 1. The molecule has 7 nitrogen and oxygen atoms in total. The lowest BCUT2D eigenvalue weighted by Gasteiger charge is -2.43. The fourth-order valence-electron chi connectivity index (χ4n) is 5.54. The fourth-order valence-corrected chi connectivity index (χ4v) is 5.54. The third-order valence-electron chi connectivity index (χ3n) is 7.56. The van der Waals surface area contributed by atoms with Gasteiger partial charge in [-0.05, 0) is 42.0 Å². The number of hydrogen-bond acceptors (Lipinski definition) is 5. The molecule has 1 aliphatic carbocycles. The van der Waals surface area contributed by atoms with E-state index in [2.05, 4.69) is 51.5 Å². The van der Waals surface area contributed by atoms with Crippen molar-refractivity contribution in [2.24, 2.45) is 0 Å². The van der Waals surface area contributed by atoms with Gasteiger partial charge in [-0.15, -0.1) is 0 Å². The van der Waals surface area contributed by atoms with Gasteiger partial charge in [-0.3, -0.25) is 4.79 Å². The number of rotatable bonds is 4. The number of amides is 1. The second-order valence-electron chi connectivity index (χ2n) is 9.47. The topological polar surface area (TPSA) is 108 Å². The molecule has 1 saturated carbocycles. The number of benzene rings is 2. The monoisotopic (exact) mass is 453 g/mol. The first-order valence-corrected chi connectivity index (χ1v) is 11.8. The average Bonchev–Trinajstić information content (AvgIpc) is 3.46. The number of anilines is 1. The number of nitrogens with zero attached hydrogens (tertiary/aromatic N) is 3. The lowest BCUT2D eigenvalue weighted by Crippen LogP contribution is -2.35. The predicted molar refractivity (Wildman–Crippen MR) is 131 cm³/mol. The van der Waals surface area contributed by atoms with Gasteiger partial charge in [0.05, 0.1) is 17.2 Å². The maximum Gasteiger partial charge on any atom is 0.256 e. The van der Waals surface area contributed by atoms with Gasteiger partial charge in [-0.1, -0.05) is 42.8 Å². The first-order chi connectivity index (χ1) is 16.5. The third kappa shape index (κ3) is 3.27. The van der Waals surface area contributed by atoms with E-state index in [0.717, 1.165) is 34.9 Å². The molecule has 2 fully saturated rings. The van der Waals surface area contributed by atoms with Crippen molar-refractivity contribution in [1.29, 1.82) is 0 Å². The van der Waals surface area contributed by atoms with Crippen LogP contribution >= 0.6 is 0 Å². The molecule has 1 aliphatic heterocycles. The minimum atomic E-state index is -0.427. The van der Waals surface area contributed by atoms with E-state index < -0.39 is 6.10 Å². The summed E-state index contributed by atoms with van der Waals surface area (Å²) in [5.74, 6) is 0.250. The minimum Gasteiger partial charge on any atom is -0.391 e. The number of aliphatic hydroxyl groups excluding tert-OH is 1. The number of nitrogen functional groups attached to an aromatic ring is 1. The van der Waals surface area contributed by atoms with Crippen LogP contribution in [-0.2, 0) is 5.41 Å². The third-order valence-corrected chi connectivity index (χ3v) is 7.56. The van der Waals surface area contributed by atoms with Gasteiger partial charge in [-0.25, -0.2) is 9.97 Å². The molecule has 1 atom stereocenters. The van der Waals surface area contributed by atoms with Crippen LogP contribution in [0.1, 0.15) is 47.2 Å². The van der Waals surface area contributed by atoms with Crippen molar-refractivity contribution in [2.45, 2.75) is 37.2 Å². The summed E-state index contributed by atoms with van der Waals surface area (Å²) in [6, 6.07) is 14.6. The molecule has 6 rings (SSSR count). The molecule has 0 bridgehead atoms. The van der Waals surface area contributed by atoms with Gasteiger partial charge < -0.3 is 20.7 Å². The molecule has 1 amide bonds. The van der Waals surface area contributed by atoms with Crippen LogP contribution in [0.5, 0.6) is 0 Å². The highest BCUT2D eigenvalue weighted by molar-refractivity contribution is 6.07. The van der Waals surface area contributed by atoms with E-state index >= 15 is 0 Å². The standard InChI is InChI=1S/C27H27N5O2/c28-26-30-13-18(14-31-26)17-5-7-19(8-6-17)27(10-2-11-27)23-15-29-24-21(23)3-1-4-22(24)25(34)32-12-9-20(33)16-32/h1,3-8,13-15,20,29,33H,2,9-12,16H2,(H2,28,30,31)/t20-/m1/s1. The van der Waals surface area contributed by atoms with E-state index in [9.17, 15) is 9.90 Å². The second-order valence-corrected chi connectivity index (χ2v) is 9.47. The van der Waals surface area contributed by atoms with Crippen LogP contribution in [0, 0.1) is 0 Å². The zero-order valence-corrected chi connectivity index (χ0v) is 18.9. The number of hydrogen-bond donors (Lipinski definition) is 3. The molecule has 4 aromatic rings. The van der Waals surface area contributed by atoms with E-state index in [1.165, 1.54) is 17.5 Å². The summed E-state index contributed by atoms with van der Waals surface area (Å²) >= 11 is 0. The quantitative estimate of drug-likeness (QED) is 0.435. The highest BCUT2D eigenvalue weighted by Gasteiger charge is 2.42. The van der Waals surface area contributed by atoms with Crippen LogP contribution in [0.3, 0.4) is 0 Å². The smallest absolute Gasteiger partial charge is 0.256 e. The van der Waals surface area contributed by atoms with Gasteiger partial charge >= 0.3 is 0 Å². The van der Waals surface area contributed by atoms with Crippen molar-refractivity contribution in [3.63, 3.8) is 0 Å². The molecule has 4 N–H and O–H groups in total. The van der Waals surface area contributed by atoms with Gasteiger partial charge in [0.25, 0.3) is 5.91 Å². The van der Waals surface area contributed by atoms with Crippen molar-refractivity contribution >= 4 is 22.8 Å². The summed E-state index contributed by atoms with van der Waals surface area (Å²) in [5, 5.41) is 11.0. The zero-order valence-electron chi connectivity index (χ0n) is 18.9. The number of nitrogens with one attached hydrogen (secondary N) is 1. The predicted octanol–water partition coefficient (Wildman–Crippen LogP) is 3.88. The molecule has 7 heteroatoms. The molecular formula is C27H27N5O2. The van der Waals surface area contributed by atoms with Crippen LogP contribution in [0.2, 0.25) is 0 Å². The van der Waals surface area contributed by atoms with E-state index in [1.54, 1.807) is 17.3 Å². The molecule has 0 unspecified atom stereocenters. The number of aromatic amines is 1. The van der Waals surface area contributed by atoms with Crippen LogP contribution in [0.15, 0.2) is 61.1 Å². The Morgan fingerprint density at radius 2 is 1.85 bits per heavy atom.